The Morgan fingerprint density at radius 2 is 1.76 bits per heavy atom. The molecule has 0 heterocycles. The highest BCUT2D eigenvalue weighted by Crippen LogP contribution is 2.27. The van der Waals surface area contributed by atoms with Crippen LogP contribution in [0.3, 0.4) is 0 Å². The summed E-state index contributed by atoms with van der Waals surface area (Å²) < 4.78 is 28.7. The van der Waals surface area contributed by atoms with Crippen molar-refractivity contribution in [1.82, 2.24) is 4.90 Å². The molecule has 1 amide bonds. The number of halogens is 2. The van der Waals surface area contributed by atoms with Gasteiger partial charge in [-0.2, -0.15) is 8.78 Å². The van der Waals surface area contributed by atoms with E-state index in [1.54, 1.807) is 35.8 Å². The van der Waals surface area contributed by atoms with E-state index in [0.29, 0.717) is 17.4 Å². The maximum atomic E-state index is 12.8. The fourth-order valence-electron chi connectivity index (χ4n) is 2.33. The Morgan fingerprint density at radius 3 is 2.36 bits per heavy atom. The van der Waals surface area contributed by atoms with Gasteiger partial charge < -0.3 is 9.64 Å². The summed E-state index contributed by atoms with van der Waals surface area (Å²) in [7, 11) is 1.72. The number of rotatable bonds is 7. The van der Waals surface area contributed by atoms with E-state index in [2.05, 4.69) is 18.6 Å². The third-order valence-corrected chi connectivity index (χ3v) is 4.48. The average molecular weight is 365 g/mol. The van der Waals surface area contributed by atoms with Crippen molar-refractivity contribution in [2.75, 3.05) is 7.05 Å². The van der Waals surface area contributed by atoms with Gasteiger partial charge in [0, 0.05) is 23.7 Å². The number of thioether (sulfide) groups is 1. The topological polar surface area (TPSA) is 29.5 Å². The summed E-state index contributed by atoms with van der Waals surface area (Å²) in [5, 5.41) is 0.377. The molecule has 0 fully saturated rings. The predicted molar refractivity (Wildman–Crippen MR) is 96.3 cm³/mol. The molecule has 6 heteroatoms. The molecule has 0 aliphatic carbocycles. The van der Waals surface area contributed by atoms with Gasteiger partial charge in [-0.1, -0.05) is 38.1 Å². The van der Waals surface area contributed by atoms with Crippen LogP contribution in [0, 0.1) is 0 Å². The van der Waals surface area contributed by atoms with Crippen LogP contribution in [0.1, 0.15) is 29.8 Å². The lowest BCUT2D eigenvalue weighted by Gasteiger charge is -2.19. The van der Waals surface area contributed by atoms with Crippen LogP contribution >= 0.6 is 11.8 Å². The summed E-state index contributed by atoms with van der Waals surface area (Å²) in [5.41, 5.74) is 1.51. The Hall–Kier alpha value is -2.08. The molecule has 0 saturated heterocycles. The molecule has 0 saturated carbocycles. The second kappa shape index (κ2) is 8.85. The maximum Gasteiger partial charge on any atom is 0.387 e. The van der Waals surface area contributed by atoms with Gasteiger partial charge in [0.05, 0.1) is 5.56 Å². The summed E-state index contributed by atoms with van der Waals surface area (Å²) in [5.74, 6) is 0.0306. The third kappa shape index (κ3) is 5.74. The van der Waals surface area contributed by atoms with Crippen LogP contribution in [0.25, 0.3) is 0 Å². The van der Waals surface area contributed by atoms with Crippen molar-refractivity contribution in [3.8, 4) is 5.75 Å². The van der Waals surface area contributed by atoms with Crippen molar-refractivity contribution in [3.63, 3.8) is 0 Å². The first kappa shape index (κ1) is 19.2. The monoisotopic (exact) mass is 365 g/mol. The van der Waals surface area contributed by atoms with E-state index in [-0.39, 0.29) is 11.7 Å². The Balaban J connectivity index is 2.08. The van der Waals surface area contributed by atoms with E-state index >= 15 is 0 Å². The number of ether oxygens (including phenoxy) is 1. The third-order valence-electron chi connectivity index (χ3n) is 3.40. The molecule has 0 aliphatic rings. The lowest BCUT2D eigenvalue weighted by molar-refractivity contribution is -0.0498. The van der Waals surface area contributed by atoms with Crippen LogP contribution in [0.5, 0.6) is 5.75 Å². The summed E-state index contributed by atoms with van der Waals surface area (Å²) in [4.78, 5) is 15.3. The SMILES string of the molecule is CC(C)Sc1ccccc1C(=O)N(C)Cc1ccc(OC(F)F)cc1. The van der Waals surface area contributed by atoms with E-state index in [1.807, 2.05) is 24.3 Å². The van der Waals surface area contributed by atoms with E-state index in [0.717, 1.165) is 10.5 Å². The summed E-state index contributed by atoms with van der Waals surface area (Å²) >= 11 is 1.65. The molecule has 0 bridgehead atoms. The highest BCUT2D eigenvalue weighted by atomic mass is 32.2. The molecule has 0 unspecified atom stereocenters. The van der Waals surface area contributed by atoms with E-state index in [4.69, 9.17) is 0 Å². The molecule has 0 spiro atoms. The molecular formula is C19H21F2NO2S. The minimum absolute atomic E-state index is 0.0725. The first-order chi connectivity index (χ1) is 11.9. The molecule has 0 aromatic heterocycles. The van der Waals surface area contributed by atoms with Gasteiger partial charge in [0.25, 0.3) is 5.91 Å². The fourth-order valence-corrected chi connectivity index (χ4v) is 3.27. The van der Waals surface area contributed by atoms with Crippen molar-refractivity contribution in [3.05, 3.63) is 59.7 Å². The van der Waals surface area contributed by atoms with Gasteiger partial charge in [0.15, 0.2) is 0 Å². The number of hydrogen-bond donors (Lipinski definition) is 0. The van der Waals surface area contributed by atoms with Crippen molar-refractivity contribution in [2.45, 2.75) is 37.1 Å². The lowest BCUT2D eigenvalue weighted by Crippen LogP contribution is -2.26. The first-order valence-electron chi connectivity index (χ1n) is 7.91. The number of carbonyl (C=O) groups excluding carboxylic acids is 1. The van der Waals surface area contributed by atoms with Crippen LogP contribution < -0.4 is 4.74 Å². The summed E-state index contributed by atoms with van der Waals surface area (Å²) in [6, 6.07) is 13.8. The second-order valence-electron chi connectivity index (χ2n) is 5.85. The smallest absolute Gasteiger partial charge is 0.387 e. The van der Waals surface area contributed by atoms with Crippen molar-refractivity contribution in [1.29, 1.82) is 0 Å². The second-order valence-corrected chi connectivity index (χ2v) is 7.46. The molecule has 2 rings (SSSR count). The van der Waals surface area contributed by atoms with Gasteiger partial charge in [-0.15, -0.1) is 11.8 Å². The van der Waals surface area contributed by atoms with Gasteiger partial charge in [0.2, 0.25) is 0 Å². The predicted octanol–water partition coefficient (Wildman–Crippen LogP) is 5.06. The lowest BCUT2D eigenvalue weighted by atomic mass is 10.1. The molecule has 2 aromatic carbocycles. The van der Waals surface area contributed by atoms with Gasteiger partial charge in [-0.3, -0.25) is 4.79 Å². The van der Waals surface area contributed by atoms with Crippen molar-refractivity contribution in [2.24, 2.45) is 0 Å². The Labute approximate surface area is 151 Å². The van der Waals surface area contributed by atoms with Crippen LogP contribution in [0.15, 0.2) is 53.4 Å². The zero-order valence-electron chi connectivity index (χ0n) is 14.4. The quantitative estimate of drug-likeness (QED) is 0.642. The molecule has 0 N–H and O–H groups in total. The minimum atomic E-state index is -2.84. The molecule has 0 radical (unpaired) electrons. The Bertz CT molecular complexity index is 705. The van der Waals surface area contributed by atoms with Gasteiger partial charge in [-0.05, 0) is 29.8 Å². The standard InChI is InChI=1S/C19H21F2NO2S/c1-13(2)25-17-7-5-4-6-16(17)18(23)22(3)12-14-8-10-15(11-9-14)24-19(20)21/h4-11,13,19H,12H2,1-3H3. The van der Waals surface area contributed by atoms with Gasteiger partial charge in [0.1, 0.15) is 5.75 Å². The molecule has 0 atom stereocenters. The van der Waals surface area contributed by atoms with Crippen molar-refractivity contribution < 1.29 is 18.3 Å². The largest absolute Gasteiger partial charge is 0.435 e. The molecular weight excluding hydrogens is 344 g/mol. The molecule has 134 valence electrons. The van der Waals surface area contributed by atoms with Gasteiger partial charge in [-0.25, -0.2) is 0 Å². The minimum Gasteiger partial charge on any atom is -0.435 e. The number of carbonyl (C=O) groups is 1. The number of benzene rings is 2. The maximum absolute atomic E-state index is 12.8. The zero-order chi connectivity index (χ0) is 18.4. The van der Waals surface area contributed by atoms with Gasteiger partial charge >= 0.3 is 6.61 Å². The van der Waals surface area contributed by atoms with Crippen LogP contribution in [0.2, 0.25) is 0 Å². The van der Waals surface area contributed by atoms with Crippen LogP contribution in [0.4, 0.5) is 8.78 Å². The zero-order valence-corrected chi connectivity index (χ0v) is 15.2. The number of alkyl halides is 2. The number of nitrogens with zero attached hydrogens (tertiary/aromatic N) is 1. The van der Waals surface area contributed by atoms with Crippen molar-refractivity contribution >= 4 is 17.7 Å². The first-order valence-corrected chi connectivity index (χ1v) is 8.79. The number of amides is 1. The number of hydrogen-bond acceptors (Lipinski definition) is 3. The summed E-state index contributed by atoms with van der Waals surface area (Å²) in [6.07, 6.45) is 0. The molecule has 3 nitrogen and oxygen atoms in total. The fraction of sp³-hybridized carbons (Fsp3) is 0.316. The average Bonchev–Trinajstić information content (AvgIpc) is 2.55. The Morgan fingerprint density at radius 1 is 1.12 bits per heavy atom. The highest BCUT2D eigenvalue weighted by molar-refractivity contribution is 8.00. The van der Waals surface area contributed by atoms with Crippen LogP contribution in [-0.4, -0.2) is 29.7 Å². The molecule has 2 aromatic rings. The van der Waals surface area contributed by atoms with E-state index < -0.39 is 6.61 Å². The normalized spacial score (nSPS) is 11.0. The van der Waals surface area contributed by atoms with Crippen LogP contribution in [-0.2, 0) is 6.54 Å². The van der Waals surface area contributed by atoms with E-state index in [1.165, 1.54) is 12.1 Å². The Kier molecular flexibility index (Phi) is 6.82. The molecule has 0 aliphatic heterocycles. The van der Waals surface area contributed by atoms with E-state index in [9.17, 15) is 13.6 Å². The summed E-state index contributed by atoms with van der Waals surface area (Å²) in [6.45, 7) is 1.70. The highest BCUT2D eigenvalue weighted by Gasteiger charge is 2.17. The molecule has 25 heavy (non-hydrogen) atoms.